The van der Waals surface area contributed by atoms with E-state index in [2.05, 4.69) is 5.32 Å². The molecule has 2 fully saturated rings. The molecule has 2 aromatic rings. The average Bonchev–Trinajstić information content (AvgIpc) is 3.28. The minimum atomic E-state index is -0.351. The Balaban J connectivity index is 1.44. The molecule has 0 radical (unpaired) electrons. The molecule has 2 aliphatic heterocycles. The fourth-order valence-electron chi connectivity index (χ4n) is 3.51. The van der Waals surface area contributed by atoms with Crippen LogP contribution < -0.4 is 5.32 Å². The molecule has 1 aromatic heterocycles. The fraction of sp³-hybridized carbons (Fsp3) is 0.353. The van der Waals surface area contributed by atoms with Gasteiger partial charge in [0.05, 0.1) is 12.6 Å². The maximum atomic E-state index is 12.6. The van der Waals surface area contributed by atoms with E-state index in [-0.39, 0.29) is 37.0 Å². The number of amides is 4. The molecule has 124 valence electrons. The van der Waals surface area contributed by atoms with E-state index in [1.54, 1.807) is 4.90 Å². The molecular weight excluding hydrogens is 308 g/mol. The molecule has 3 heterocycles. The summed E-state index contributed by atoms with van der Waals surface area (Å²) in [7, 11) is 0. The quantitative estimate of drug-likeness (QED) is 0.848. The molecule has 4 rings (SSSR count). The molecule has 4 amide bonds. The molecule has 1 unspecified atom stereocenters. The van der Waals surface area contributed by atoms with Crippen LogP contribution in [0.15, 0.2) is 36.5 Å². The van der Waals surface area contributed by atoms with Gasteiger partial charge in [-0.3, -0.25) is 14.5 Å². The second-order valence-electron chi connectivity index (χ2n) is 6.21. The Hall–Kier alpha value is -2.83. The summed E-state index contributed by atoms with van der Waals surface area (Å²) in [6.45, 7) is 1.30. The minimum Gasteiger partial charge on any atom is -0.339 e. The second-order valence-corrected chi connectivity index (χ2v) is 6.21. The van der Waals surface area contributed by atoms with Gasteiger partial charge in [-0.25, -0.2) is 4.79 Å². The van der Waals surface area contributed by atoms with Crippen LogP contribution >= 0.6 is 0 Å². The van der Waals surface area contributed by atoms with Crippen LogP contribution in [0.2, 0.25) is 0 Å². The Kier molecular flexibility index (Phi) is 3.48. The lowest BCUT2D eigenvalue weighted by molar-refractivity contribution is -0.132. The van der Waals surface area contributed by atoms with Crippen molar-refractivity contribution in [2.75, 3.05) is 19.6 Å². The Labute approximate surface area is 138 Å². The number of hydrogen-bond acceptors (Lipinski definition) is 3. The Morgan fingerprint density at radius 1 is 1.21 bits per heavy atom. The van der Waals surface area contributed by atoms with Crippen molar-refractivity contribution in [3.05, 3.63) is 36.5 Å². The van der Waals surface area contributed by atoms with E-state index in [1.807, 2.05) is 41.1 Å². The molecule has 0 aliphatic carbocycles. The zero-order valence-electron chi connectivity index (χ0n) is 13.1. The number of urea groups is 1. The number of nitrogens with zero attached hydrogens (tertiary/aromatic N) is 3. The normalized spacial score (nSPS) is 20.9. The van der Waals surface area contributed by atoms with Crippen molar-refractivity contribution in [2.45, 2.75) is 19.0 Å². The van der Waals surface area contributed by atoms with Gasteiger partial charge in [-0.15, -0.1) is 0 Å². The molecule has 7 nitrogen and oxygen atoms in total. The number of rotatable bonds is 3. The minimum absolute atomic E-state index is 0.00547. The van der Waals surface area contributed by atoms with Gasteiger partial charge in [-0.1, -0.05) is 18.2 Å². The third-order valence-electron chi connectivity index (χ3n) is 4.75. The summed E-state index contributed by atoms with van der Waals surface area (Å²) >= 11 is 0. The standard InChI is InChI=1S/C17H18N4O3/c22-15-9-18-17(24)21(15)13-6-8-20(10-13)16(23)11-19-7-5-12-3-1-2-4-14(12)19/h1-5,7,13H,6,8-11H2,(H,18,24). The molecular formula is C17H18N4O3. The Bertz CT molecular complexity index is 812. The summed E-state index contributed by atoms with van der Waals surface area (Å²) in [5.41, 5.74) is 1.02. The number of imide groups is 1. The lowest BCUT2D eigenvalue weighted by Gasteiger charge is -2.21. The monoisotopic (exact) mass is 326 g/mol. The number of aromatic nitrogens is 1. The van der Waals surface area contributed by atoms with Gasteiger partial charge in [0.1, 0.15) is 6.54 Å². The number of para-hydroxylation sites is 1. The summed E-state index contributed by atoms with van der Waals surface area (Å²) in [6.07, 6.45) is 2.55. The van der Waals surface area contributed by atoms with E-state index in [1.165, 1.54) is 4.90 Å². The first-order valence-electron chi connectivity index (χ1n) is 8.05. The first-order chi connectivity index (χ1) is 11.6. The van der Waals surface area contributed by atoms with Crippen LogP contribution in [0.5, 0.6) is 0 Å². The largest absolute Gasteiger partial charge is 0.339 e. The van der Waals surface area contributed by atoms with Crippen LogP contribution in [-0.4, -0.2) is 57.9 Å². The van der Waals surface area contributed by atoms with Gasteiger partial charge in [0.15, 0.2) is 0 Å². The van der Waals surface area contributed by atoms with Gasteiger partial charge in [-0.05, 0) is 23.9 Å². The van der Waals surface area contributed by atoms with Crippen molar-refractivity contribution >= 4 is 28.7 Å². The number of carbonyl (C=O) groups excluding carboxylic acids is 3. The lowest BCUT2D eigenvalue weighted by atomic mass is 10.2. The Morgan fingerprint density at radius 3 is 2.83 bits per heavy atom. The highest BCUT2D eigenvalue weighted by Gasteiger charge is 2.39. The van der Waals surface area contributed by atoms with Gasteiger partial charge in [-0.2, -0.15) is 0 Å². The zero-order chi connectivity index (χ0) is 16.7. The van der Waals surface area contributed by atoms with E-state index in [0.717, 1.165) is 10.9 Å². The number of fused-ring (bicyclic) bond motifs is 1. The fourth-order valence-corrected chi connectivity index (χ4v) is 3.51. The number of benzene rings is 1. The summed E-state index contributed by atoms with van der Waals surface area (Å²) in [5.74, 6) is -0.207. The topological polar surface area (TPSA) is 74.7 Å². The molecule has 1 N–H and O–H groups in total. The van der Waals surface area contributed by atoms with Crippen molar-refractivity contribution in [1.29, 1.82) is 0 Å². The molecule has 7 heteroatoms. The maximum absolute atomic E-state index is 12.6. The van der Waals surface area contributed by atoms with Crippen molar-refractivity contribution in [3.8, 4) is 0 Å². The molecule has 2 aliphatic rings. The summed E-state index contributed by atoms with van der Waals surface area (Å²) in [4.78, 5) is 39.1. The van der Waals surface area contributed by atoms with E-state index < -0.39 is 0 Å². The van der Waals surface area contributed by atoms with Crippen molar-refractivity contribution in [3.63, 3.8) is 0 Å². The lowest BCUT2D eigenvalue weighted by Crippen LogP contribution is -2.43. The number of nitrogens with one attached hydrogen (secondary N) is 1. The van der Waals surface area contributed by atoms with Crippen molar-refractivity contribution in [2.24, 2.45) is 0 Å². The highest BCUT2D eigenvalue weighted by atomic mass is 16.2. The third-order valence-corrected chi connectivity index (χ3v) is 4.75. The predicted octanol–water partition coefficient (Wildman–Crippen LogP) is 0.794. The summed E-state index contributed by atoms with van der Waals surface area (Å²) < 4.78 is 1.93. The third kappa shape index (κ3) is 2.42. The van der Waals surface area contributed by atoms with Gasteiger partial charge in [0, 0.05) is 24.8 Å². The molecule has 0 spiro atoms. The number of likely N-dealkylation sites (tertiary alicyclic amines) is 1. The van der Waals surface area contributed by atoms with Crippen LogP contribution in [0, 0.1) is 0 Å². The van der Waals surface area contributed by atoms with Gasteiger partial charge >= 0.3 is 6.03 Å². The molecule has 0 bridgehead atoms. The maximum Gasteiger partial charge on any atom is 0.324 e. The van der Waals surface area contributed by atoms with Gasteiger partial charge in [0.25, 0.3) is 0 Å². The van der Waals surface area contributed by atoms with Gasteiger partial charge in [0.2, 0.25) is 11.8 Å². The second kappa shape index (κ2) is 5.67. The number of carbonyl (C=O) groups is 3. The summed E-state index contributed by atoms with van der Waals surface area (Å²) in [6, 6.07) is 9.34. The smallest absolute Gasteiger partial charge is 0.324 e. The van der Waals surface area contributed by atoms with Crippen LogP contribution in [0.25, 0.3) is 10.9 Å². The van der Waals surface area contributed by atoms with Crippen molar-refractivity contribution < 1.29 is 14.4 Å². The van der Waals surface area contributed by atoms with Crippen LogP contribution in [0.3, 0.4) is 0 Å². The first kappa shape index (κ1) is 14.7. The first-order valence-corrected chi connectivity index (χ1v) is 8.05. The SMILES string of the molecule is O=C(Cn1ccc2ccccc21)N1CCC(N2C(=O)CNC2=O)C1. The van der Waals surface area contributed by atoms with Gasteiger partial charge < -0.3 is 14.8 Å². The average molecular weight is 326 g/mol. The molecule has 0 saturated carbocycles. The molecule has 2 saturated heterocycles. The van der Waals surface area contributed by atoms with Crippen LogP contribution in [0.4, 0.5) is 4.79 Å². The van der Waals surface area contributed by atoms with Crippen LogP contribution in [-0.2, 0) is 16.1 Å². The highest BCUT2D eigenvalue weighted by molar-refractivity contribution is 6.02. The predicted molar refractivity (Wildman–Crippen MR) is 87.2 cm³/mol. The molecule has 1 aromatic carbocycles. The number of hydrogen-bond donors (Lipinski definition) is 1. The van der Waals surface area contributed by atoms with E-state index >= 15 is 0 Å². The summed E-state index contributed by atoms with van der Waals surface area (Å²) in [5, 5.41) is 3.63. The van der Waals surface area contributed by atoms with E-state index in [0.29, 0.717) is 19.5 Å². The highest BCUT2D eigenvalue weighted by Crippen LogP contribution is 2.20. The zero-order valence-corrected chi connectivity index (χ0v) is 13.1. The van der Waals surface area contributed by atoms with Crippen LogP contribution in [0.1, 0.15) is 6.42 Å². The molecule has 24 heavy (non-hydrogen) atoms. The molecule has 1 atom stereocenters. The van der Waals surface area contributed by atoms with E-state index in [9.17, 15) is 14.4 Å². The Morgan fingerprint density at radius 2 is 2.04 bits per heavy atom. The van der Waals surface area contributed by atoms with Crippen molar-refractivity contribution in [1.82, 2.24) is 19.7 Å². The van der Waals surface area contributed by atoms with E-state index in [4.69, 9.17) is 0 Å².